The molecule has 0 N–H and O–H groups in total. The molecule has 11 rings (SSSR count). The third-order valence-electron chi connectivity index (χ3n) is 11.7. The topological polar surface area (TPSA) is 3.24 Å². The van der Waals surface area contributed by atoms with Gasteiger partial charge in [-0.3, -0.25) is 0 Å². The summed E-state index contributed by atoms with van der Waals surface area (Å²) in [5, 5.41) is 3.79. The third-order valence-corrected chi connectivity index (χ3v) is 12.9. The fourth-order valence-corrected chi connectivity index (χ4v) is 10.4. The maximum Gasteiger partial charge on any atom is 0.0728 e. The first-order valence-electron chi connectivity index (χ1n) is 19.6. The molecule has 0 aliphatic heterocycles. The summed E-state index contributed by atoms with van der Waals surface area (Å²) in [6.07, 6.45) is 0. The van der Waals surface area contributed by atoms with Crippen molar-refractivity contribution >= 4 is 49.3 Å². The largest absolute Gasteiger partial charge is 0.310 e. The molecule has 1 aliphatic carbocycles. The Bertz CT molecular complexity index is 3000. The van der Waals surface area contributed by atoms with E-state index in [0.717, 1.165) is 17.1 Å². The van der Waals surface area contributed by atoms with Crippen LogP contribution in [0, 0.1) is 0 Å². The van der Waals surface area contributed by atoms with Gasteiger partial charge in [-0.25, -0.2) is 0 Å². The molecule has 2 heteroatoms. The van der Waals surface area contributed by atoms with Gasteiger partial charge < -0.3 is 4.90 Å². The van der Waals surface area contributed by atoms with Crippen LogP contribution in [0.25, 0.3) is 53.6 Å². The van der Waals surface area contributed by atoms with Crippen molar-refractivity contribution in [3.8, 4) is 32.7 Å². The van der Waals surface area contributed by atoms with Crippen LogP contribution >= 0.6 is 11.3 Å². The second kappa shape index (κ2) is 13.6. The molecule has 0 amide bonds. The predicted octanol–water partition coefficient (Wildman–Crippen LogP) is 15.2. The number of anilines is 3. The molecule has 0 unspecified atom stereocenters. The van der Waals surface area contributed by atoms with E-state index >= 15 is 0 Å². The maximum atomic E-state index is 2.44. The molecular formula is C55H37NS. The average molecular weight is 744 g/mol. The fraction of sp³-hybridized carbons (Fsp3) is 0.0182. The van der Waals surface area contributed by atoms with Crippen LogP contribution in [0.5, 0.6) is 0 Å². The normalized spacial score (nSPS) is 12.7. The molecule has 1 aliphatic rings. The summed E-state index contributed by atoms with van der Waals surface area (Å²) >= 11 is 1.92. The van der Waals surface area contributed by atoms with Gasteiger partial charge in [0.25, 0.3) is 0 Å². The number of thiophene rings is 1. The lowest BCUT2D eigenvalue weighted by Gasteiger charge is -2.34. The number of nitrogens with zero attached hydrogens (tertiary/aromatic N) is 1. The summed E-state index contributed by atoms with van der Waals surface area (Å²) in [5.74, 6) is 0. The quantitative estimate of drug-likeness (QED) is 0.157. The molecule has 1 nitrogen and oxygen atoms in total. The second-order valence-corrected chi connectivity index (χ2v) is 15.9. The van der Waals surface area contributed by atoms with Gasteiger partial charge in [0.1, 0.15) is 0 Å². The van der Waals surface area contributed by atoms with Crippen molar-refractivity contribution in [2.75, 3.05) is 4.90 Å². The number of benzene rings is 9. The summed E-state index contributed by atoms with van der Waals surface area (Å²) in [7, 11) is 0. The van der Waals surface area contributed by atoms with Crippen LogP contribution in [0.3, 0.4) is 0 Å². The number of rotatable bonds is 7. The number of hydrogen-bond donors (Lipinski definition) is 0. The lowest BCUT2D eigenvalue weighted by molar-refractivity contribution is 0.777. The minimum absolute atomic E-state index is 0.425. The van der Waals surface area contributed by atoms with Crippen molar-refractivity contribution in [1.29, 1.82) is 0 Å². The molecular weight excluding hydrogens is 707 g/mol. The Labute approximate surface area is 337 Å². The second-order valence-electron chi connectivity index (χ2n) is 14.9. The summed E-state index contributed by atoms with van der Waals surface area (Å²) in [6, 6.07) is 82.3. The van der Waals surface area contributed by atoms with Crippen LogP contribution in [0.4, 0.5) is 17.1 Å². The van der Waals surface area contributed by atoms with E-state index in [0.29, 0.717) is 0 Å². The van der Waals surface area contributed by atoms with Gasteiger partial charge in [0.15, 0.2) is 0 Å². The molecule has 268 valence electrons. The summed E-state index contributed by atoms with van der Waals surface area (Å²) in [6.45, 7) is 0. The van der Waals surface area contributed by atoms with Crippen LogP contribution in [0.1, 0.15) is 22.3 Å². The van der Waals surface area contributed by atoms with Gasteiger partial charge >= 0.3 is 0 Å². The molecule has 0 radical (unpaired) electrons. The van der Waals surface area contributed by atoms with Gasteiger partial charge in [-0.15, -0.1) is 11.3 Å². The van der Waals surface area contributed by atoms with Gasteiger partial charge in [0.05, 0.1) is 5.41 Å². The third kappa shape index (κ3) is 5.44. The van der Waals surface area contributed by atoms with Gasteiger partial charge in [-0.05, 0) is 115 Å². The minimum Gasteiger partial charge on any atom is -0.310 e. The molecule has 0 fully saturated rings. The highest BCUT2D eigenvalue weighted by molar-refractivity contribution is 7.22. The first kappa shape index (κ1) is 33.3. The predicted molar refractivity (Wildman–Crippen MR) is 242 cm³/mol. The van der Waals surface area contributed by atoms with Crippen molar-refractivity contribution < 1.29 is 0 Å². The summed E-state index contributed by atoms with van der Waals surface area (Å²) < 4.78 is 1.32. The van der Waals surface area contributed by atoms with E-state index in [1.807, 2.05) is 11.3 Å². The van der Waals surface area contributed by atoms with E-state index in [-0.39, 0.29) is 0 Å². The highest BCUT2D eigenvalue weighted by atomic mass is 32.1. The average Bonchev–Trinajstić information content (AvgIpc) is 3.81. The summed E-state index contributed by atoms with van der Waals surface area (Å²) in [5.41, 5.74) is 14.4. The first-order chi connectivity index (χ1) is 28.3. The number of fused-ring (bicyclic) bond motifs is 6. The van der Waals surface area contributed by atoms with Crippen molar-refractivity contribution in [3.63, 3.8) is 0 Å². The van der Waals surface area contributed by atoms with Crippen molar-refractivity contribution in [1.82, 2.24) is 0 Å². The zero-order valence-electron chi connectivity index (χ0n) is 31.2. The van der Waals surface area contributed by atoms with Gasteiger partial charge in [-0.2, -0.15) is 0 Å². The Morgan fingerprint density at radius 3 is 1.54 bits per heavy atom. The summed E-state index contributed by atoms with van der Waals surface area (Å²) in [4.78, 5) is 3.73. The van der Waals surface area contributed by atoms with Crippen LogP contribution in [-0.2, 0) is 5.41 Å². The standard InChI is InChI=1S/C55H37NS/c1-4-14-38(15-5-1)40-24-30-46(31-25-40)56(48-34-28-39-16-10-11-17-42(39)36-48)47-32-26-41(27-33-47)43-29-35-51-50(37-43)54-53(49-22-12-13-23-52(49)57-54)55(51,44-18-6-2-7-19-44)45-20-8-3-9-21-45/h1-37H. The van der Waals surface area contributed by atoms with Gasteiger partial charge in [-0.1, -0.05) is 176 Å². The highest BCUT2D eigenvalue weighted by Gasteiger charge is 2.48. The van der Waals surface area contributed by atoms with E-state index < -0.39 is 5.41 Å². The Kier molecular flexibility index (Phi) is 7.98. The van der Waals surface area contributed by atoms with Crippen molar-refractivity contribution in [2.24, 2.45) is 0 Å². The van der Waals surface area contributed by atoms with E-state index in [2.05, 4.69) is 229 Å². The Hall–Kier alpha value is -7.00. The molecule has 0 spiro atoms. The first-order valence-corrected chi connectivity index (χ1v) is 20.4. The monoisotopic (exact) mass is 743 g/mol. The fourth-order valence-electron chi connectivity index (χ4n) is 9.12. The molecule has 0 saturated carbocycles. The Morgan fingerprint density at radius 1 is 0.368 bits per heavy atom. The molecule has 1 heterocycles. The van der Waals surface area contributed by atoms with Crippen molar-refractivity contribution in [3.05, 3.63) is 247 Å². The van der Waals surface area contributed by atoms with E-state index in [1.54, 1.807) is 0 Å². The Balaban J connectivity index is 1.04. The molecule has 57 heavy (non-hydrogen) atoms. The van der Waals surface area contributed by atoms with Gasteiger partial charge in [0.2, 0.25) is 0 Å². The molecule has 10 aromatic rings. The molecule has 9 aromatic carbocycles. The zero-order chi connectivity index (χ0) is 37.8. The zero-order valence-corrected chi connectivity index (χ0v) is 32.0. The highest BCUT2D eigenvalue weighted by Crippen LogP contribution is 2.61. The van der Waals surface area contributed by atoms with Crippen LogP contribution in [-0.4, -0.2) is 0 Å². The number of hydrogen-bond acceptors (Lipinski definition) is 2. The maximum absolute atomic E-state index is 2.44. The van der Waals surface area contributed by atoms with Crippen LogP contribution < -0.4 is 4.90 Å². The van der Waals surface area contributed by atoms with Crippen molar-refractivity contribution in [2.45, 2.75) is 5.41 Å². The van der Waals surface area contributed by atoms with Crippen LogP contribution in [0.15, 0.2) is 224 Å². The minimum atomic E-state index is -0.425. The van der Waals surface area contributed by atoms with Gasteiger partial charge in [0, 0.05) is 26.6 Å². The van der Waals surface area contributed by atoms with Crippen LogP contribution in [0.2, 0.25) is 0 Å². The molecule has 0 atom stereocenters. The molecule has 1 aromatic heterocycles. The molecule has 0 saturated heterocycles. The smallest absolute Gasteiger partial charge is 0.0728 e. The van der Waals surface area contributed by atoms with E-state index in [9.17, 15) is 0 Å². The van der Waals surface area contributed by atoms with E-state index in [1.165, 1.54) is 75.8 Å². The van der Waals surface area contributed by atoms with E-state index in [4.69, 9.17) is 0 Å². The SMILES string of the molecule is c1ccc(-c2ccc(N(c3ccc(-c4ccc5c(c4)-c4sc6ccccc6c4C5(c4ccccc4)c4ccccc4)cc3)c3ccc4ccccc4c3)cc2)cc1. The lowest BCUT2D eigenvalue weighted by Crippen LogP contribution is -2.28. The molecule has 0 bridgehead atoms. The lowest BCUT2D eigenvalue weighted by atomic mass is 9.67. The Morgan fingerprint density at radius 2 is 0.877 bits per heavy atom.